The third kappa shape index (κ3) is 4.25. The second-order valence-corrected chi connectivity index (χ2v) is 5.62. The van der Waals surface area contributed by atoms with Gasteiger partial charge < -0.3 is 14.4 Å². The summed E-state index contributed by atoms with van der Waals surface area (Å²) < 4.78 is 11.5. The third-order valence-corrected chi connectivity index (χ3v) is 3.44. The Kier molecular flexibility index (Phi) is 5.92. The monoisotopic (exact) mass is 298 g/mol. The first-order valence-electron chi connectivity index (χ1n) is 7.25. The first-order valence-corrected chi connectivity index (χ1v) is 7.78. The van der Waals surface area contributed by atoms with Crippen LogP contribution in [0.25, 0.3) is 0 Å². The lowest BCUT2D eigenvalue weighted by molar-refractivity contribution is 0.0469. The van der Waals surface area contributed by atoms with Crippen molar-refractivity contribution in [3.8, 4) is 5.75 Å². The van der Waals surface area contributed by atoms with Gasteiger partial charge in [0.25, 0.3) is 0 Å². The normalized spacial score (nSPS) is 16.7. The van der Waals surface area contributed by atoms with E-state index in [4.69, 9.17) is 21.1 Å². The molecule has 1 aromatic heterocycles. The highest BCUT2D eigenvalue weighted by Gasteiger charge is 2.22. The van der Waals surface area contributed by atoms with E-state index in [0.717, 1.165) is 37.5 Å². The lowest BCUT2D eigenvalue weighted by atomic mass is 10.1. The maximum Gasteiger partial charge on any atom is 0.171 e. The van der Waals surface area contributed by atoms with Crippen LogP contribution in [0.3, 0.4) is 0 Å². The van der Waals surface area contributed by atoms with Crippen molar-refractivity contribution in [2.45, 2.75) is 38.9 Å². The minimum atomic E-state index is 0.155. The van der Waals surface area contributed by atoms with E-state index in [-0.39, 0.29) is 6.10 Å². The Balaban J connectivity index is 1.96. The van der Waals surface area contributed by atoms with Crippen LogP contribution in [0.1, 0.15) is 26.7 Å². The lowest BCUT2D eigenvalue weighted by Gasteiger charge is -2.33. The second-order valence-electron chi connectivity index (χ2n) is 5.24. The molecule has 0 radical (unpaired) electrons. The van der Waals surface area contributed by atoms with E-state index >= 15 is 0 Å². The van der Waals surface area contributed by atoms with Crippen molar-refractivity contribution in [2.75, 3.05) is 30.5 Å². The zero-order valence-corrected chi connectivity index (χ0v) is 13.0. The Morgan fingerprint density at radius 1 is 1.40 bits per heavy atom. The molecule has 20 heavy (non-hydrogen) atoms. The Bertz CT molecular complexity index is 407. The number of halogens is 1. The third-order valence-electron chi connectivity index (χ3n) is 3.29. The Hall–Kier alpha value is -1.00. The highest BCUT2D eigenvalue weighted by Crippen LogP contribution is 2.29. The summed E-state index contributed by atoms with van der Waals surface area (Å²) in [6.45, 7) is 6.58. The van der Waals surface area contributed by atoms with Gasteiger partial charge in [-0.15, -0.1) is 11.6 Å². The van der Waals surface area contributed by atoms with Crippen molar-refractivity contribution >= 4 is 17.4 Å². The smallest absolute Gasteiger partial charge is 0.171 e. The molecule has 0 bridgehead atoms. The van der Waals surface area contributed by atoms with E-state index in [1.165, 1.54) is 0 Å². The zero-order valence-electron chi connectivity index (χ0n) is 12.2. The summed E-state index contributed by atoms with van der Waals surface area (Å²) in [5, 5.41) is 0. The summed E-state index contributed by atoms with van der Waals surface area (Å²) in [4.78, 5) is 6.76. The summed E-state index contributed by atoms with van der Waals surface area (Å²) >= 11 is 5.65. The fraction of sp³-hybridized carbons (Fsp3) is 0.667. The molecule has 4 nitrogen and oxygen atoms in total. The van der Waals surface area contributed by atoms with Crippen LogP contribution >= 0.6 is 11.6 Å². The summed E-state index contributed by atoms with van der Waals surface area (Å²) in [5.74, 6) is 2.37. The summed E-state index contributed by atoms with van der Waals surface area (Å²) in [6.07, 6.45) is 4.31. The van der Waals surface area contributed by atoms with Crippen LogP contribution in [0.4, 0.5) is 5.82 Å². The van der Waals surface area contributed by atoms with Gasteiger partial charge in [-0.3, -0.25) is 0 Å². The fourth-order valence-electron chi connectivity index (χ4n) is 2.41. The molecule has 0 unspecified atom stereocenters. The molecule has 112 valence electrons. The topological polar surface area (TPSA) is 34.6 Å². The molecule has 2 heterocycles. The highest BCUT2D eigenvalue weighted by atomic mass is 35.5. The van der Waals surface area contributed by atoms with E-state index < -0.39 is 0 Å². The Labute approximate surface area is 126 Å². The maximum atomic E-state index is 5.84. The van der Waals surface area contributed by atoms with Crippen LogP contribution in [-0.4, -0.2) is 42.8 Å². The molecule has 0 amide bonds. The maximum absolute atomic E-state index is 5.84. The number of piperidine rings is 1. The van der Waals surface area contributed by atoms with Gasteiger partial charge in [0, 0.05) is 25.2 Å². The molecule has 0 spiro atoms. The quantitative estimate of drug-likeness (QED) is 0.756. The number of rotatable bonds is 6. The van der Waals surface area contributed by atoms with E-state index in [0.29, 0.717) is 18.6 Å². The first kappa shape index (κ1) is 15.4. The van der Waals surface area contributed by atoms with E-state index in [2.05, 4.69) is 9.88 Å². The molecule has 0 aliphatic carbocycles. The standard InChI is InChI=1S/C15H23ClN2O2/c1-12(2)20-14-4-3-8-17-15(14)18-9-5-13(6-10-18)19-11-7-16/h3-4,8,12-13H,5-7,9-11H2,1-2H3. The van der Waals surface area contributed by atoms with Crippen molar-refractivity contribution < 1.29 is 9.47 Å². The molecule has 1 saturated heterocycles. The van der Waals surface area contributed by atoms with Crippen LogP contribution in [-0.2, 0) is 4.74 Å². The van der Waals surface area contributed by atoms with Crippen LogP contribution in [0.15, 0.2) is 18.3 Å². The molecule has 1 aliphatic rings. The highest BCUT2D eigenvalue weighted by molar-refractivity contribution is 6.17. The predicted molar refractivity (Wildman–Crippen MR) is 81.9 cm³/mol. The van der Waals surface area contributed by atoms with Gasteiger partial charge in [-0.25, -0.2) is 4.98 Å². The molecule has 1 aliphatic heterocycles. The van der Waals surface area contributed by atoms with Crippen molar-refractivity contribution in [1.29, 1.82) is 0 Å². The molecule has 0 atom stereocenters. The van der Waals surface area contributed by atoms with Gasteiger partial charge in [0.15, 0.2) is 11.6 Å². The van der Waals surface area contributed by atoms with Gasteiger partial charge >= 0.3 is 0 Å². The Morgan fingerprint density at radius 3 is 2.80 bits per heavy atom. The number of nitrogens with zero attached hydrogens (tertiary/aromatic N) is 2. The largest absolute Gasteiger partial charge is 0.487 e. The van der Waals surface area contributed by atoms with Gasteiger partial charge in [0.05, 0.1) is 18.8 Å². The summed E-state index contributed by atoms with van der Waals surface area (Å²) in [6, 6.07) is 3.90. The van der Waals surface area contributed by atoms with Crippen LogP contribution in [0, 0.1) is 0 Å². The summed E-state index contributed by atoms with van der Waals surface area (Å²) in [5.41, 5.74) is 0. The van der Waals surface area contributed by atoms with Gasteiger partial charge in [0.1, 0.15) is 0 Å². The number of hydrogen-bond donors (Lipinski definition) is 0. The molecule has 1 fully saturated rings. The predicted octanol–water partition coefficient (Wildman–Crippen LogP) is 3.09. The molecule has 0 aromatic carbocycles. The van der Waals surface area contributed by atoms with Crippen LogP contribution in [0.2, 0.25) is 0 Å². The molecular formula is C15H23ClN2O2. The molecule has 0 saturated carbocycles. The molecule has 2 rings (SSSR count). The molecule has 5 heteroatoms. The van der Waals surface area contributed by atoms with Gasteiger partial charge in [-0.1, -0.05) is 0 Å². The number of anilines is 1. The number of ether oxygens (including phenoxy) is 2. The number of pyridine rings is 1. The van der Waals surface area contributed by atoms with E-state index in [1.54, 1.807) is 0 Å². The second kappa shape index (κ2) is 7.70. The van der Waals surface area contributed by atoms with Crippen molar-refractivity contribution in [3.05, 3.63) is 18.3 Å². The van der Waals surface area contributed by atoms with E-state index in [9.17, 15) is 0 Å². The molecular weight excluding hydrogens is 276 g/mol. The molecule has 0 N–H and O–H groups in total. The average molecular weight is 299 g/mol. The van der Waals surface area contributed by atoms with Gasteiger partial charge in [-0.2, -0.15) is 0 Å². The van der Waals surface area contributed by atoms with Crippen LogP contribution < -0.4 is 9.64 Å². The lowest BCUT2D eigenvalue weighted by Crippen LogP contribution is -2.38. The number of hydrogen-bond acceptors (Lipinski definition) is 4. The average Bonchev–Trinajstić information content (AvgIpc) is 2.46. The number of aromatic nitrogens is 1. The van der Waals surface area contributed by atoms with Crippen molar-refractivity contribution in [1.82, 2.24) is 4.98 Å². The van der Waals surface area contributed by atoms with Crippen molar-refractivity contribution in [2.24, 2.45) is 0 Å². The summed E-state index contributed by atoms with van der Waals surface area (Å²) in [7, 11) is 0. The minimum Gasteiger partial charge on any atom is -0.487 e. The van der Waals surface area contributed by atoms with Crippen molar-refractivity contribution in [3.63, 3.8) is 0 Å². The number of alkyl halides is 1. The fourth-order valence-corrected chi connectivity index (χ4v) is 2.50. The van der Waals surface area contributed by atoms with Gasteiger partial charge in [0.2, 0.25) is 0 Å². The zero-order chi connectivity index (χ0) is 14.4. The van der Waals surface area contributed by atoms with Crippen LogP contribution in [0.5, 0.6) is 5.75 Å². The van der Waals surface area contributed by atoms with Gasteiger partial charge in [-0.05, 0) is 38.8 Å². The minimum absolute atomic E-state index is 0.155. The SMILES string of the molecule is CC(C)Oc1cccnc1N1CCC(OCCCl)CC1. The van der Waals surface area contributed by atoms with E-state index in [1.807, 2.05) is 32.2 Å². The first-order chi connectivity index (χ1) is 9.70. The Morgan fingerprint density at radius 2 is 2.15 bits per heavy atom. The molecule has 1 aromatic rings.